The number of rotatable bonds is 6. The number of anilines is 1. The smallest absolute Gasteiger partial charge is 0.335 e. The first kappa shape index (κ1) is 15.4. The minimum absolute atomic E-state index is 0.0996. The lowest BCUT2D eigenvalue weighted by molar-refractivity contribution is -0.384. The van der Waals surface area contributed by atoms with Crippen LogP contribution in [0.15, 0.2) is 18.2 Å². The van der Waals surface area contributed by atoms with Crippen LogP contribution in [0.1, 0.15) is 17.3 Å². The highest BCUT2D eigenvalue weighted by atomic mass is 16.6. The zero-order valence-corrected chi connectivity index (χ0v) is 11.1. The predicted octanol–water partition coefficient (Wildman–Crippen LogP) is 1.18. The molecular formula is C12H15N3O5. The van der Waals surface area contributed by atoms with E-state index >= 15 is 0 Å². The molecule has 1 aromatic rings. The number of aromatic carboxylic acids is 1. The van der Waals surface area contributed by atoms with Crippen LogP contribution in [-0.2, 0) is 4.79 Å². The summed E-state index contributed by atoms with van der Waals surface area (Å²) in [7, 11) is 1.62. The molecule has 20 heavy (non-hydrogen) atoms. The van der Waals surface area contributed by atoms with E-state index in [-0.39, 0.29) is 29.4 Å². The zero-order chi connectivity index (χ0) is 15.3. The van der Waals surface area contributed by atoms with Crippen LogP contribution in [0.25, 0.3) is 0 Å². The van der Waals surface area contributed by atoms with Crippen molar-refractivity contribution in [3.8, 4) is 0 Å². The molecule has 0 fully saturated rings. The zero-order valence-electron chi connectivity index (χ0n) is 11.1. The van der Waals surface area contributed by atoms with Gasteiger partial charge < -0.3 is 15.3 Å². The van der Waals surface area contributed by atoms with E-state index in [0.29, 0.717) is 6.54 Å². The van der Waals surface area contributed by atoms with Crippen LogP contribution in [-0.4, -0.2) is 46.9 Å². The molecule has 0 unspecified atom stereocenters. The van der Waals surface area contributed by atoms with Crippen LogP contribution in [0.2, 0.25) is 0 Å². The first-order valence-electron chi connectivity index (χ1n) is 5.86. The van der Waals surface area contributed by atoms with Crippen molar-refractivity contribution >= 4 is 23.3 Å². The second-order valence-electron chi connectivity index (χ2n) is 4.06. The van der Waals surface area contributed by atoms with E-state index in [0.717, 1.165) is 6.07 Å². The van der Waals surface area contributed by atoms with Crippen molar-refractivity contribution in [2.75, 3.05) is 25.5 Å². The van der Waals surface area contributed by atoms with Crippen LogP contribution >= 0.6 is 0 Å². The second kappa shape index (κ2) is 6.50. The minimum atomic E-state index is -1.25. The lowest BCUT2D eigenvalue weighted by Gasteiger charge is -2.15. The largest absolute Gasteiger partial charge is 0.478 e. The van der Waals surface area contributed by atoms with Crippen molar-refractivity contribution in [3.05, 3.63) is 33.9 Å². The molecular weight excluding hydrogens is 266 g/mol. The highest BCUT2D eigenvalue weighted by molar-refractivity contribution is 5.90. The number of benzene rings is 1. The normalized spacial score (nSPS) is 9.90. The van der Waals surface area contributed by atoms with Gasteiger partial charge in [0.25, 0.3) is 5.69 Å². The molecule has 0 radical (unpaired) electrons. The average molecular weight is 281 g/mol. The summed E-state index contributed by atoms with van der Waals surface area (Å²) in [5.74, 6) is -1.47. The van der Waals surface area contributed by atoms with E-state index < -0.39 is 10.9 Å². The molecule has 0 aliphatic rings. The van der Waals surface area contributed by atoms with E-state index in [1.165, 1.54) is 17.0 Å². The van der Waals surface area contributed by atoms with E-state index in [2.05, 4.69) is 5.32 Å². The summed E-state index contributed by atoms with van der Waals surface area (Å²) in [4.78, 5) is 34.1. The van der Waals surface area contributed by atoms with E-state index in [9.17, 15) is 19.7 Å². The van der Waals surface area contributed by atoms with Gasteiger partial charge in [-0.2, -0.15) is 0 Å². The number of carbonyl (C=O) groups is 2. The Morgan fingerprint density at radius 1 is 1.45 bits per heavy atom. The van der Waals surface area contributed by atoms with Gasteiger partial charge in [-0.05, 0) is 19.1 Å². The summed E-state index contributed by atoms with van der Waals surface area (Å²) in [6.45, 7) is 2.24. The fourth-order valence-corrected chi connectivity index (χ4v) is 1.45. The number of hydrogen-bond acceptors (Lipinski definition) is 5. The topological polar surface area (TPSA) is 113 Å². The molecule has 108 valence electrons. The molecule has 0 aliphatic carbocycles. The monoisotopic (exact) mass is 281 g/mol. The van der Waals surface area contributed by atoms with Gasteiger partial charge in [0.1, 0.15) is 5.69 Å². The molecule has 1 aromatic carbocycles. The standard InChI is InChI=1S/C12H15N3O5/c1-3-14(2)11(16)7-13-9-5-4-8(12(17)18)6-10(9)15(19)20/h4-6,13H,3,7H2,1-2H3,(H,17,18). The summed E-state index contributed by atoms with van der Waals surface area (Å²) in [6.07, 6.45) is 0. The van der Waals surface area contributed by atoms with Crippen LogP contribution < -0.4 is 5.32 Å². The number of amides is 1. The highest BCUT2D eigenvalue weighted by Crippen LogP contribution is 2.25. The molecule has 0 bridgehead atoms. The quantitative estimate of drug-likeness (QED) is 0.598. The van der Waals surface area contributed by atoms with Crippen LogP contribution in [0, 0.1) is 10.1 Å². The Bertz CT molecular complexity index is 544. The van der Waals surface area contributed by atoms with Crippen molar-refractivity contribution in [2.45, 2.75) is 6.92 Å². The third kappa shape index (κ3) is 3.67. The van der Waals surface area contributed by atoms with Gasteiger partial charge >= 0.3 is 5.97 Å². The Morgan fingerprint density at radius 3 is 2.60 bits per heavy atom. The van der Waals surface area contributed by atoms with E-state index in [4.69, 9.17) is 5.11 Å². The molecule has 0 atom stereocenters. The van der Waals surface area contributed by atoms with Crippen molar-refractivity contribution < 1.29 is 19.6 Å². The molecule has 8 heteroatoms. The fraction of sp³-hybridized carbons (Fsp3) is 0.333. The second-order valence-corrected chi connectivity index (χ2v) is 4.06. The third-order valence-corrected chi connectivity index (χ3v) is 2.77. The molecule has 0 saturated heterocycles. The Labute approximate surface area is 115 Å². The molecule has 1 rings (SSSR count). The summed E-state index contributed by atoms with van der Waals surface area (Å²) in [5, 5.41) is 22.4. The Balaban J connectivity index is 2.92. The lowest BCUT2D eigenvalue weighted by Crippen LogP contribution is -2.32. The number of carboxylic acids is 1. The maximum Gasteiger partial charge on any atom is 0.335 e. The molecule has 0 saturated carbocycles. The van der Waals surface area contributed by atoms with E-state index in [1.54, 1.807) is 7.05 Å². The van der Waals surface area contributed by atoms with Crippen molar-refractivity contribution in [1.29, 1.82) is 0 Å². The van der Waals surface area contributed by atoms with Crippen molar-refractivity contribution in [2.24, 2.45) is 0 Å². The molecule has 1 amide bonds. The first-order valence-corrected chi connectivity index (χ1v) is 5.86. The van der Waals surface area contributed by atoms with Gasteiger partial charge in [-0.15, -0.1) is 0 Å². The maximum atomic E-state index is 11.6. The first-order chi connectivity index (χ1) is 9.36. The molecule has 0 heterocycles. The van der Waals surface area contributed by atoms with Gasteiger partial charge in [0.05, 0.1) is 17.0 Å². The van der Waals surface area contributed by atoms with Crippen molar-refractivity contribution in [3.63, 3.8) is 0 Å². The molecule has 0 aromatic heterocycles. The van der Waals surface area contributed by atoms with Gasteiger partial charge in [-0.1, -0.05) is 0 Å². The summed E-state index contributed by atoms with van der Waals surface area (Å²) < 4.78 is 0. The SMILES string of the molecule is CCN(C)C(=O)CNc1ccc(C(=O)O)cc1[N+](=O)[O-]. The molecule has 2 N–H and O–H groups in total. The number of carboxylic acid groups (broad SMARTS) is 1. The Morgan fingerprint density at radius 2 is 2.10 bits per heavy atom. The average Bonchev–Trinajstić information content (AvgIpc) is 2.43. The number of nitrogens with one attached hydrogen (secondary N) is 1. The van der Waals surface area contributed by atoms with Gasteiger partial charge in [0.15, 0.2) is 0 Å². The number of nitrogens with zero attached hydrogens (tertiary/aromatic N) is 2. The number of nitro benzene ring substituents is 1. The van der Waals surface area contributed by atoms with E-state index in [1.807, 2.05) is 6.92 Å². The van der Waals surface area contributed by atoms with Gasteiger partial charge in [0, 0.05) is 19.7 Å². The number of likely N-dealkylation sites (N-methyl/N-ethyl adjacent to an activating group) is 1. The molecule has 8 nitrogen and oxygen atoms in total. The minimum Gasteiger partial charge on any atom is -0.478 e. The number of hydrogen-bond donors (Lipinski definition) is 2. The number of carbonyl (C=O) groups excluding carboxylic acids is 1. The number of nitro groups is 1. The van der Waals surface area contributed by atoms with Gasteiger partial charge in [-0.3, -0.25) is 14.9 Å². The van der Waals surface area contributed by atoms with Crippen molar-refractivity contribution in [1.82, 2.24) is 4.90 Å². The Kier molecular flexibility index (Phi) is 5.01. The molecule has 0 aliphatic heterocycles. The summed E-state index contributed by atoms with van der Waals surface area (Å²) in [5.41, 5.74) is -0.450. The van der Waals surface area contributed by atoms with Crippen LogP contribution in [0.4, 0.5) is 11.4 Å². The Hall–Kier alpha value is -2.64. The van der Waals surface area contributed by atoms with Gasteiger partial charge in [0.2, 0.25) is 5.91 Å². The summed E-state index contributed by atoms with van der Waals surface area (Å²) in [6, 6.07) is 3.48. The fourth-order valence-electron chi connectivity index (χ4n) is 1.45. The maximum absolute atomic E-state index is 11.6. The van der Waals surface area contributed by atoms with Crippen LogP contribution in [0.5, 0.6) is 0 Å². The third-order valence-electron chi connectivity index (χ3n) is 2.77. The summed E-state index contributed by atoms with van der Waals surface area (Å²) >= 11 is 0. The molecule has 0 spiro atoms. The van der Waals surface area contributed by atoms with Gasteiger partial charge in [-0.25, -0.2) is 4.79 Å². The lowest BCUT2D eigenvalue weighted by atomic mass is 10.1. The highest BCUT2D eigenvalue weighted by Gasteiger charge is 2.18. The predicted molar refractivity (Wildman–Crippen MR) is 71.9 cm³/mol. The van der Waals surface area contributed by atoms with Crippen LogP contribution in [0.3, 0.4) is 0 Å².